The van der Waals surface area contributed by atoms with E-state index in [4.69, 9.17) is 14.7 Å². The Morgan fingerprint density at radius 3 is 3.08 bits per heavy atom. The third kappa shape index (κ3) is 3.86. The first-order valence-corrected chi connectivity index (χ1v) is 8.11. The molecule has 7 nitrogen and oxygen atoms in total. The van der Waals surface area contributed by atoms with E-state index in [-0.39, 0.29) is 12.0 Å². The Labute approximate surface area is 145 Å². The van der Waals surface area contributed by atoms with Gasteiger partial charge in [0.25, 0.3) is 5.91 Å². The highest BCUT2D eigenvalue weighted by molar-refractivity contribution is 5.96. The Balaban J connectivity index is 1.66. The molecule has 1 aliphatic heterocycles. The van der Waals surface area contributed by atoms with Crippen LogP contribution in [-0.2, 0) is 0 Å². The van der Waals surface area contributed by atoms with E-state index in [2.05, 4.69) is 16.0 Å². The van der Waals surface area contributed by atoms with Crippen molar-refractivity contribution in [2.45, 2.75) is 19.4 Å². The van der Waals surface area contributed by atoms with Gasteiger partial charge in [-0.2, -0.15) is 5.26 Å². The number of likely N-dealkylation sites (tertiary alicyclic amines) is 1. The molecule has 0 spiro atoms. The first kappa shape index (κ1) is 16.7. The van der Waals surface area contributed by atoms with Crippen LogP contribution in [0, 0.1) is 11.3 Å². The molecule has 3 heterocycles. The monoisotopic (exact) mass is 338 g/mol. The molecule has 1 atom stereocenters. The fourth-order valence-corrected chi connectivity index (χ4v) is 2.70. The van der Waals surface area contributed by atoms with Gasteiger partial charge in [0.2, 0.25) is 11.8 Å². The number of carbonyl (C=O) groups is 1. The number of ether oxygens (including phenoxy) is 2. The van der Waals surface area contributed by atoms with E-state index in [9.17, 15) is 4.79 Å². The maximum atomic E-state index is 12.7. The normalized spacial score (nSPS) is 16.3. The summed E-state index contributed by atoms with van der Waals surface area (Å²) < 4.78 is 11.2. The second-order valence-electron chi connectivity index (χ2n) is 5.56. The SMILES string of the molecule is CCOc1ncccc1C(=O)N1CCC(Oc2cc(C#N)ccn2)C1. The number of hydrogen-bond donors (Lipinski definition) is 0. The molecule has 7 heteroatoms. The largest absolute Gasteiger partial charge is 0.477 e. The average Bonchev–Trinajstić information content (AvgIpc) is 3.10. The first-order chi connectivity index (χ1) is 12.2. The summed E-state index contributed by atoms with van der Waals surface area (Å²) in [5, 5.41) is 8.93. The minimum Gasteiger partial charge on any atom is -0.477 e. The summed E-state index contributed by atoms with van der Waals surface area (Å²) in [7, 11) is 0. The smallest absolute Gasteiger partial charge is 0.259 e. The number of pyridine rings is 2. The van der Waals surface area contributed by atoms with E-state index in [0.29, 0.717) is 49.0 Å². The third-order valence-electron chi connectivity index (χ3n) is 3.87. The number of nitriles is 1. The zero-order valence-electron chi connectivity index (χ0n) is 13.9. The van der Waals surface area contributed by atoms with Crippen LogP contribution in [0.25, 0.3) is 0 Å². The van der Waals surface area contributed by atoms with Crippen LogP contribution in [-0.4, -0.2) is 46.6 Å². The highest BCUT2D eigenvalue weighted by Crippen LogP contribution is 2.22. The Hall–Kier alpha value is -3.14. The van der Waals surface area contributed by atoms with Crippen molar-refractivity contribution < 1.29 is 14.3 Å². The lowest BCUT2D eigenvalue weighted by atomic mass is 10.2. The molecule has 1 saturated heterocycles. The lowest BCUT2D eigenvalue weighted by molar-refractivity contribution is 0.0766. The van der Waals surface area contributed by atoms with Gasteiger partial charge in [0, 0.05) is 31.4 Å². The van der Waals surface area contributed by atoms with E-state index in [1.165, 1.54) is 6.20 Å². The van der Waals surface area contributed by atoms with Crippen LogP contribution < -0.4 is 9.47 Å². The molecular formula is C18H18N4O3. The molecular weight excluding hydrogens is 320 g/mol. The molecule has 1 aliphatic rings. The first-order valence-electron chi connectivity index (χ1n) is 8.11. The van der Waals surface area contributed by atoms with E-state index in [1.54, 1.807) is 35.4 Å². The van der Waals surface area contributed by atoms with Crippen molar-refractivity contribution >= 4 is 5.91 Å². The van der Waals surface area contributed by atoms with E-state index in [0.717, 1.165) is 0 Å². The van der Waals surface area contributed by atoms with Crippen molar-refractivity contribution in [3.8, 4) is 17.8 Å². The quantitative estimate of drug-likeness (QED) is 0.829. The summed E-state index contributed by atoms with van der Waals surface area (Å²) in [5.41, 5.74) is 0.947. The highest BCUT2D eigenvalue weighted by Gasteiger charge is 2.30. The Kier molecular flexibility index (Phi) is 5.09. The van der Waals surface area contributed by atoms with Crippen molar-refractivity contribution in [1.29, 1.82) is 5.26 Å². The van der Waals surface area contributed by atoms with Crippen molar-refractivity contribution in [2.24, 2.45) is 0 Å². The molecule has 1 unspecified atom stereocenters. The zero-order chi connectivity index (χ0) is 17.6. The summed E-state index contributed by atoms with van der Waals surface area (Å²) in [6, 6.07) is 8.70. The van der Waals surface area contributed by atoms with Gasteiger partial charge in [-0.1, -0.05) is 0 Å². The second-order valence-corrected chi connectivity index (χ2v) is 5.56. The number of amides is 1. The average molecular weight is 338 g/mol. The number of rotatable bonds is 5. The Morgan fingerprint density at radius 1 is 1.40 bits per heavy atom. The fraction of sp³-hybridized carbons (Fsp3) is 0.333. The number of hydrogen-bond acceptors (Lipinski definition) is 6. The topological polar surface area (TPSA) is 88.3 Å². The summed E-state index contributed by atoms with van der Waals surface area (Å²) in [6.45, 7) is 3.34. The van der Waals surface area contributed by atoms with Gasteiger partial charge in [-0.3, -0.25) is 4.79 Å². The summed E-state index contributed by atoms with van der Waals surface area (Å²) >= 11 is 0. The molecule has 0 aliphatic carbocycles. The molecule has 0 bridgehead atoms. The minimum atomic E-state index is -0.155. The van der Waals surface area contributed by atoms with Crippen LogP contribution in [0.15, 0.2) is 36.7 Å². The van der Waals surface area contributed by atoms with Crippen LogP contribution >= 0.6 is 0 Å². The number of carbonyl (C=O) groups excluding carboxylic acids is 1. The van der Waals surface area contributed by atoms with Gasteiger partial charge < -0.3 is 14.4 Å². The van der Waals surface area contributed by atoms with Crippen molar-refractivity contribution in [3.63, 3.8) is 0 Å². The molecule has 1 amide bonds. The maximum Gasteiger partial charge on any atom is 0.259 e. The van der Waals surface area contributed by atoms with E-state index in [1.807, 2.05) is 6.92 Å². The van der Waals surface area contributed by atoms with Crippen molar-refractivity contribution in [3.05, 3.63) is 47.8 Å². The molecule has 2 aromatic heterocycles. The predicted molar refractivity (Wildman–Crippen MR) is 89.3 cm³/mol. The van der Waals surface area contributed by atoms with Crippen LogP contribution in [0.3, 0.4) is 0 Å². The molecule has 3 rings (SSSR count). The van der Waals surface area contributed by atoms with E-state index < -0.39 is 0 Å². The second kappa shape index (κ2) is 7.62. The van der Waals surface area contributed by atoms with Crippen molar-refractivity contribution in [2.75, 3.05) is 19.7 Å². The van der Waals surface area contributed by atoms with Crippen molar-refractivity contribution in [1.82, 2.24) is 14.9 Å². The highest BCUT2D eigenvalue weighted by atomic mass is 16.5. The Morgan fingerprint density at radius 2 is 2.28 bits per heavy atom. The van der Waals surface area contributed by atoms with Crippen LogP contribution in [0.5, 0.6) is 11.8 Å². The van der Waals surface area contributed by atoms with Crippen LogP contribution in [0.4, 0.5) is 0 Å². The van der Waals surface area contributed by atoms with Gasteiger partial charge in [-0.15, -0.1) is 0 Å². The van der Waals surface area contributed by atoms with Crippen LogP contribution in [0.2, 0.25) is 0 Å². The van der Waals surface area contributed by atoms with Gasteiger partial charge in [-0.25, -0.2) is 9.97 Å². The summed E-state index contributed by atoms with van der Waals surface area (Å²) in [5.74, 6) is 0.624. The van der Waals surface area contributed by atoms with Gasteiger partial charge in [-0.05, 0) is 25.1 Å². The van der Waals surface area contributed by atoms with Gasteiger partial charge >= 0.3 is 0 Å². The van der Waals surface area contributed by atoms with Gasteiger partial charge in [0.1, 0.15) is 11.7 Å². The van der Waals surface area contributed by atoms with Gasteiger partial charge in [0.05, 0.1) is 24.8 Å². The predicted octanol–water partition coefficient (Wildman–Crippen LogP) is 2.04. The lowest BCUT2D eigenvalue weighted by Crippen LogP contribution is -2.31. The fourth-order valence-electron chi connectivity index (χ4n) is 2.70. The number of aromatic nitrogens is 2. The molecule has 1 fully saturated rings. The Bertz CT molecular complexity index is 803. The van der Waals surface area contributed by atoms with Gasteiger partial charge in [0.15, 0.2) is 0 Å². The molecule has 25 heavy (non-hydrogen) atoms. The standard InChI is InChI=1S/C18H18N4O3/c1-2-24-17-15(4-3-7-21-17)18(23)22-9-6-14(12-22)25-16-10-13(11-19)5-8-20-16/h3-5,7-8,10,14H,2,6,9,12H2,1H3. The summed E-state index contributed by atoms with van der Waals surface area (Å²) in [4.78, 5) is 22.7. The number of nitrogens with zero attached hydrogens (tertiary/aromatic N) is 4. The molecule has 0 saturated carbocycles. The lowest BCUT2D eigenvalue weighted by Gasteiger charge is -2.18. The molecule has 2 aromatic rings. The summed E-state index contributed by atoms with van der Waals surface area (Å²) in [6.07, 6.45) is 3.69. The maximum absolute atomic E-state index is 12.7. The van der Waals surface area contributed by atoms with Crippen LogP contribution in [0.1, 0.15) is 29.3 Å². The minimum absolute atomic E-state index is 0.124. The molecule has 0 radical (unpaired) electrons. The molecule has 0 N–H and O–H groups in total. The zero-order valence-corrected chi connectivity index (χ0v) is 13.9. The molecule has 128 valence electrons. The molecule has 0 aromatic carbocycles. The third-order valence-corrected chi connectivity index (χ3v) is 3.87. The van der Waals surface area contributed by atoms with E-state index >= 15 is 0 Å².